The molecule has 0 aliphatic carbocycles. The second kappa shape index (κ2) is 9.68. The number of nitrogens with zero attached hydrogens (tertiary/aromatic N) is 1. The lowest BCUT2D eigenvalue weighted by Gasteiger charge is -2.31. The molecule has 1 atom stereocenters. The zero-order chi connectivity index (χ0) is 19.0. The van der Waals surface area contributed by atoms with E-state index in [9.17, 15) is 18.0 Å². The van der Waals surface area contributed by atoms with E-state index in [1.165, 1.54) is 4.31 Å². The Labute approximate surface area is 154 Å². The van der Waals surface area contributed by atoms with Crippen LogP contribution in [0.5, 0.6) is 0 Å². The highest BCUT2D eigenvalue weighted by molar-refractivity contribution is 7.89. The van der Waals surface area contributed by atoms with E-state index in [4.69, 9.17) is 5.11 Å². The van der Waals surface area contributed by atoms with Crippen molar-refractivity contribution in [3.63, 3.8) is 0 Å². The lowest BCUT2D eigenvalue weighted by atomic mass is 9.99. The van der Waals surface area contributed by atoms with Gasteiger partial charge in [-0.05, 0) is 37.8 Å². The number of carboxylic acid groups (broad SMARTS) is 1. The first-order chi connectivity index (χ1) is 12.4. The van der Waals surface area contributed by atoms with Crippen LogP contribution in [0.25, 0.3) is 0 Å². The molecule has 0 spiro atoms. The lowest BCUT2D eigenvalue weighted by molar-refractivity contribution is -0.137. The van der Waals surface area contributed by atoms with Crippen LogP contribution in [0, 0.1) is 5.92 Å². The Morgan fingerprint density at radius 2 is 1.88 bits per heavy atom. The molecule has 0 saturated carbocycles. The van der Waals surface area contributed by atoms with Crippen LogP contribution in [0.1, 0.15) is 38.5 Å². The van der Waals surface area contributed by atoms with Gasteiger partial charge in [-0.15, -0.1) is 0 Å². The smallest absolute Gasteiger partial charge is 0.303 e. The van der Waals surface area contributed by atoms with Gasteiger partial charge in [-0.3, -0.25) is 9.59 Å². The van der Waals surface area contributed by atoms with Gasteiger partial charge in [-0.25, -0.2) is 8.42 Å². The molecule has 1 aromatic rings. The van der Waals surface area contributed by atoms with Crippen molar-refractivity contribution in [2.45, 2.75) is 43.4 Å². The number of sulfonamides is 1. The van der Waals surface area contributed by atoms with E-state index < -0.39 is 16.0 Å². The van der Waals surface area contributed by atoms with Gasteiger partial charge in [0, 0.05) is 26.1 Å². The van der Waals surface area contributed by atoms with Gasteiger partial charge in [-0.1, -0.05) is 24.6 Å². The molecule has 1 aromatic carbocycles. The third kappa shape index (κ3) is 5.81. The zero-order valence-electron chi connectivity index (χ0n) is 14.8. The van der Waals surface area contributed by atoms with E-state index in [2.05, 4.69) is 5.32 Å². The number of aliphatic carboxylic acids is 1. The molecule has 1 saturated heterocycles. The SMILES string of the molecule is O=C(O)CCCCCNC(=O)[C@H]1CCCN(S(=O)(=O)c2ccccc2)C1. The fourth-order valence-corrected chi connectivity index (χ4v) is 4.60. The summed E-state index contributed by atoms with van der Waals surface area (Å²) in [5, 5.41) is 11.4. The van der Waals surface area contributed by atoms with Crippen LogP contribution in [-0.2, 0) is 19.6 Å². The van der Waals surface area contributed by atoms with Crippen LogP contribution in [0.4, 0.5) is 0 Å². The van der Waals surface area contributed by atoms with Gasteiger partial charge in [0.15, 0.2) is 0 Å². The Morgan fingerprint density at radius 3 is 2.58 bits per heavy atom. The molecule has 2 N–H and O–H groups in total. The molecular weight excluding hydrogens is 356 g/mol. The first-order valence-corrected chi connectivity index (χ1v) is 10.4. The van der Waals surface area contributed by atoms with Crippen molar-refractivity contribution in [3.8, 4) is 0 Å². The predicted octanol–water partition coefficient (Wildman–Crippen LogP) is 1.85. The molecule has 0 radical (unpaired) electrons. The summed E-state index contributed by atoms with van der Waals surface area (Å²) < 4.78 is 26.8. The van der Waals surface area contributed by atoms with Crippen molar-refractivity contribution < 1.29 is 23.1 Å². The normalized spacial score (nSPS) is 18.4. The second-order valence-electron chi connectivity index (χ2n) is 6.51. The largest absolute Gasteiger partial charge is 0.481 e. The highest BCUT2D eigenvalue weighted by Gasteiger charge is 2.33. The van der Waals surface area contributed by atoms with Gasteiger partial charge in [0.1, 0.15) is 0 Å². The lowest BCUT2D eigenvalue weighted by Crippen LogP contribution is -2.45. The fourth-order valence-electron chi connectivity index (χ4n) is 3.05. The number of nitrogens with one attached hydrogen (secondary N) is 1. The number of piperidine rings is 1. The molecule has 0 unspecified atom stereocenters. The minimum absolute atomic E-state index is 0.129. The number of amides is 1. The summed E-state index contributed by atoms with van der Waals surface area (Å²) in [6, 6.07) is 8.27. The first-order valence-electron chi connectivity index (χ1n) is 8.96. The van der Waals surface area contributed by atoms with E-state index in [1.807, 2.05) is 0 Å². The summed E-state index contributed by atoms with van der Waals surface area (Å²) in [7, 11) is -3.57. The van der Waals surface area contributed by atoms with Crippen LogP contribution in [0.3, 0.4) is 0 Å². The van der Waals surface area contributed by atoms with Crippen LogP contribution in [0.2, 0.25) is 0 Å². The first kappa shape index (κ1) is 20.4. The number of benzene rings is 1. The highest BCUT2D eigenvalue weighted by atomic mass is 32.2. The quantitative estimate of drug-likeness (QED) is 0.634. The third-order valence-corrected chi connectivity index (χ3v) is 6.38. The van der Waals surface area contributed by atoms with Crippen molar-refractivity contribution in [1.82, 2.24) is 9.62 Å². The molecule has 0 aromatic heterocycles. The Balaban J connectivity index is 1.82. The van der Waals surface area contributed by atoms with Gasteiger partial charge in [0.05, 0.1) is 10.8 Å². The summed E-state index contributed by atoms with van der Waals surface area (Å²) in [6.07, 6.45) is 3.53. The molecule has 26 heavy (non-hydrogen) atoms. The Kier molecular flexibility index (Phi) is 7.59. The van der Waals surface area contributed by atoms with Crippen LogP contribution in [0.15, 0.2) is 35.2 Å². The number of carbonyl (C=O) groups is 2. The van der Waals surface area contributed by atoms with Gasteiger partial charge in [-0.2, -0.15) is 4.31 Å². The van der Waals surface area contributed by atoms with Crippen molar-refractivity contribution in [2.24, 2.45) is 5.92 Å². The molecule has 144 valence electrons. The van der Waals surface area contributed by atoms with Gasteiger partial charge >= 0.3 is 5.97 Å². The third-order valence-electron chi connectivity index (χ3n) is 4.50. The van der Waals surface area contributed by atoms with E-state index in [0.717, 1.165) is 12.8 Å². The predicted molar refractivity (Wildman–Crippen MR) is 97.0 cm³/mol. The van der Waals surface area contributed by atoms with Gasteiger partial charge in [0.2, 0.25) is 15.9 Å². The maximum atomic E-state index is 12.7. The molecule has 8 heteroatoms. The van der Waals surface area contributed by atoms with Crippen LogP contribution in [-0.4, -0.2) is 49.3 Å². The molecule has 7 nitrogen and oxygen atoms in total. The number of hydrogen-bond donors (Lipinski definition) is 2. The molecule has 1 aliphatic rings. The number of hydrogen-bond acceptors (Lipinski definition) is 4. The van der Waals surface area contributed by atoms with Crippen LogP contribution < -0.4 is 5.32 Å². The monoisotopic (exact) mass is 382 g/mol. The minimum Gasteiger partial charge on any atom is -0.481 e. The van der Waals surface area contributed by atoms with E-state index in [-0.39, 0.29) is 29.7 Å². The average Bonchev–Trinajstić information content (AvgIpc) is 2.65. The van der Waals surface area contributed by atoms with Crippen molar-refractivity contribution in [2.75, 3.05) is 19.6 Å². The maximum absolute atomic E-state index is 12.7. The fraction of sp³-hybridized carbons (Fsp3) is 0.556. The van der Waals surface area contributed by atoms with Gasteiger partial charge in [0.25, 0.3) is 0 Å². The standard InChI is InChI=1S/C18H26N2O5S/c21-17(22)11-5-2-6-12-19-18(23)15-8-7-13-20(14-15)26(24,25)16-9-3-1-4-10-16/h1,3-4,9-10,15H,2,5-8,11-14H2,(H,19,23)(H,21,22)/t15-/m0/s1. The summed E-state index contributed by atoms with van der Waals surface area (Å²) in [4.78, 5) is 23.0. The molecule has 2 rings (SSSR count). The molecule has 1 fully saturated rings. The number of carboxylic acids is 1. The summed E-state index contributed by atoms with van der Waals surface area (Å²) in [6.45, 7) is 1.11. The van der Waals surface area contributed by atoms with Crippen LogP contribution >= 0.6 is 0 Å². The zero-order valence-corrected chi connectivity index (χ0v) is 15.6. The Bertz CT molecular complexity index is 706. The number of carbonyl (C=O) groups excluding carboxylic acids is 1. The average molecular weight is 382 g/mol. The molecule has 1 heterocycles. The highest BCUT2D eigenvalue weighted by Crippen LogP contribution is 2.23. The topological polar surface area (TPSA) is 104 Å². The minimum atomic E-state index is -3.57. The van der Waals surface area contributed by atoms with E-state index in [0.29, 0.717) is 32.4 Å². The van der Waals surface area contributed by atoms with Crippen molar-refractivity contribution >= 4 is 21.9 Å². The molecule has 1 aliphatic heterocycles. The summed E-state index contributed by atoms with van der Waals surface area (Å²) in [5.74, 6) is -1.28. The Morgan fingerprint density at radius 1 is 1.15 bits per heavy atom. The van der Waals surface area contributed by atoms with E-state index >= 15 is 0 Å². The van der Waals surface area contributed by atoms with Crippen molar-refractivity contribution in [1.29, 1.82) is 0 Å². The number of rotatable bonds is 9. The van der Waals surface area contributed by atoms with Gasteiger partial charge < -0.3 is 10.4 Å². The van der Waals surface area contributed by atoms with E-state index in [1.54, 1.807) is 30.3 Å². The van der Waals surface area contributed by atoms with Crippen molar-refractivity contribution in [3.05, 3.63) is 30.3 Å². The maximum Gasteiger partial charge on any atom is 0.303 e. The number of unbranched alkanes of at least 4 members (excludes halogenated alkanes) is 2. The molecule has 0 bridgehead atoms. The second-order valence-corrected chi connectivity index (χ2v) is 8.45. The molecule has 1 amide bonds. The molecular formula is C18H26N2O5S. The Hall–Kier alpha value is -1.93. The summed E-state index contributed by atoms with van der Waals surface area (Å²) in [5.41, 5.74) is 0. The summed E-state index contributed by atoms with van der Waals surface area (Å²) >= 11 is 0.